The van der Waals surface area contributed by atoms with E-state index in [0.29, 0.717) is 5.69 Å². The average Bonchev–Trinajstić information content (AvgIpc) is 3.20. The zero-order valence-corrected chi connectivity index (χ0v) is 14.1. The third kappa shape index (κ3) is 3.89. The molecule has 2 heterocycles. The first kappa shape index (κ1) is 17.2. The molecule has 3 amide bonds. The predicted octanol–water partition coefficient (Wildman–Crippen LogP) is 2.06. The lowest BCUT2D eigenvalue weighted by Crippen LogP contribution is -2.38. The van der Waals surface area contributed by atoms with Crippen LogP contribution in [0.15, 0.2) is 50.2 Å². The van der Waals surface area contributed by atoms with Crippen LogP contribution in [0.25, 0.3) is 11.7 Å². The number of aromatic nitrogens is 2. The fourth-order valence-electron chi connectivity index (χ4n) is 2.32. The number of nitrogens with zero attached hydrogens (tertiary/aromatic N) is 2. The maximum atomic E-state index is 12.0. The van der Waals surface area contributed by atoms with Gasteiger partial charge in [-0.15, -0.1) is 5.10 Å². The van der Waals surface area contributed by atoms with Crippen LogP contribution in [-0.4, -0.2) is 21.7 Å². The molecule has 0 bridgehead atoms. The van der Waals surface area contributed by atoms with E-state index in [1.165, 1.54) is 6.26 Å². The molecular weight excluding hydrogens is 340 g/mol. The van der Waals surface area contributed by atoms with Gasteiger partial charge in [0.05, 0.1) is 6.26 Å². The number of hydrogen-bond donors (Lipinski definition) is 2. The second kappa shape index (κ2) is 7.09. The van der Waals surface area contributed by atoms with Gasteiger partial charge in [-0.05, 0) is 37.6 Å². The number of carbonyl (C=O) groups excluding carboxylic acids is 2. The Hall–Kier alpha value is -3.62. The first-order chi connectivity index (χ1) is 12.4. The van der Waals surface area contributed by atoms with Gasteiger partial charge in [-0.25, -0.2) is 9.59 Å². The van der Waals surface area contributed by atoms with Gasteiger partial charge in [0.1, 0.15) is 6.54 Å². The zero-order chi connectivity index (χ0) is 18.7. The Morgan fingerprint density at radius 2 is 2.04 bits per heavy atom. The number of furan rings is 1. The van der Waals surface area contributed by atoms with Crippen LogP contribution in [0.1, 0.15) is 11.1 Å². The van der Waals surface area contributed by atoms with Crippen LogP contribution in [0, 0.1) is 13.8 Å². The molecule has 0 unspecified atom stereocenters. The number of anilines is 1. The van der Waals surface area contributed by atoms with Gasteiger partial charge in [-0.1, -0.05) is 17.7 Å². The van der Waals surface area contributed by atoms with Gasteiger partial charge < -0.3 is 14.2 Å². The highest BCUT2D eigenvalue weighted by Gasteiger charge is 2.16. The molecule has 2 N–H and O–H groups in total. The second-order valence-corrected chi connectivity index (χ2v) is 5.63. The highest BCUT2D eigenvalue weighted by atomic mass is 16.4. The molecule has 0 saturated carbocycles. The van der Waals surface area contributed by atoms with Crippen molar-refractivity contribution in [2.24, 2.45) is 0 Å². The summed E-state index contributed by atoms with van der Waals surface area (Å²) in [5, 5.41) is 8.57. The van der Waals surface area contributed by atoms with Gasteiger partial charge in [-0.3, -0.25) is 10.1 Å². The van der Waals surface area contributed by atoms with E-state index < -0.39 is 24.2 Å². The lowest BCUT2D eigenvalue weighted by molar-refractivity contribution is -0.120. The molecule has 3 rings (SSSR count). The number of urea groups is 1. The Balaban J connectivity index is 1.62. The Kier molecular flexibility index (Phi) is 4.70. The molecule has 9 nitrogen and oxygen atoms in total. The molecule has 2 aromatic heterocycles. The molecule has 0 fully saturated rings. The minimum Gasteiger partial charge on any atom is -0.459 e. The quantitative estimate of drug-likeness (QED) is 0.738. The summed E-state index contributed by atoms with van der Waals surface area (Å²) in [5.74, 6) is -1.34. The van der Waals surface area contributed by atoms with E-state index in [1.54, 1.807) is 18.2 Å². The molecule has 3 aromatic rings. The van der Waals surface area contributed by atoms with Crippen molar-refractivity contribution in [3.8, 4) is 11.7 Å². The number of hydrogen-bond acceptors (Lipinski definition) is 6. The number of aryl methyl sites for hydroxylation is 2. The number of nitrogens with one attached hydrogen (secondary N) is 2. The van der Waals surface area contributed by atoms with E-state index in [-0.39, 0.29) is 11.7 Å². The van der Waals surface area contributed by atoms with E-state index >= 15 is 0 Å². The third-order valence-electron chi connectivity index (χ3n) is 3.51. The number of amides is 3. The van der Waals surface area contributed by atoms with Crippen LogP contribution >= 0.6 is 0 Å². The molecule has 0 spiro atoms. The zero-order valence-electron chi connectivity index (χ0n) is 14.1. The summed E-state index contributed by atoms with van der Waals surface area (Å²) in [7, 11) is 0. The van der Waals surface area contributed by atoms with Crippen molar-refractivity contribution in [1.82, 2.24) is 15.1 Å². The fourth-order valence-corrected chi connectivity index (χ4v) is 2.32. The van der Waals surface area contributed by atoms with Crippen LogP contribution in [0.5, 0.6) is 0 Å². The number of imide groups is 1. The Morgan fingerprint density at radius 1 is 1.23 bits per heavy atom. The minimum atomic E-state index is -0.832. The van der Waals surface area contributed by atoms with Gasteiger partial charge in [0.2, 0.25) is 5.91 Å². The molecule has 0 aliphatic rings. The van der Waals surface area contributed by atoms with E-state index in [4.69, 9.17) is 8.83 Å². The molecule has 0 atom stereocenters. The van der Waals surface area contributed by atoms with Gasteiger partial charge in [0.15, 0.2) is 5.76 Å². The van der Waals surface area contributed by atoms with Gasteiger partial charge in [-0.2, -0.15) is 4.68 Å². The predicted molar refractivity (Wildman–Crippen MR) is 91.5 cm³/mol. The summed E-state index contributed by atoms with van der Waals surface area (Å²) in [6, 6.07) is 7.96. The summed E-state index contributed by atoms with van der Waals surface area (Å²) in [4.78, 5) is 35.6. The summed E-state index contributed by atoms with van der Waals surface area (Å²) < 4.78 is 10.8. The SMILES string of the molecule is Cc1ccc(NC(=O)NC(=O)Cn2nc(-c3ccco3)oc2=O)c(C)c1. The topological polar surface area (TPSA) is 119 Å². The van der Waals surface area contributed by atoms with Crippen molar-refractivity contribution < 1.29 is 18.4 Å². The average molecular weight is 356 g/mol. The first-order valence-electron chi connectivity index (χ1n) is 7.72. The second-order valence-electron chi connectivity index (χ2n) is 5.63. The highest BCUT2D eigenvalue weighted by molar-refractivity contribution is 6.01. The summed E-state index contributed by atoms with van der Waals surface area (Å²) >= 11 is 0. The number of benzene rings is 1. The first-order valence-corrected chi connectivity index (χ1v) is 7.72. The molecular formula is C17H16N4O5. The summed E-state index contributed by atoms with van der Waals surface area (Å²) in [5.41, 5.74) is 2.50. The van der Waals surface area contributed by atoms with Crippen LogP contribution < -0.4 is 16.4 Å². The van der Waals surface area contributed by atoms with Crippen LogP contribution in [0.2, 0.25) is 0 Å². The van der Waals surface area contributed by atoms with Gasteiger partial charge in [0.25, 0.3) is 5.89 Å². The fraction of sp³-hybridized carbons (Fsp3) is 0.176. The Labute approximate surface area is 147 Å². The van der Waals surface area contributed by atoms with Crippen molar-refractivity contribution in [2.75, 3.05) is 5.32 Å². The number of carbonyl (C=O) groups is 2. The van der Waals surface area contributed by atoms with Gasteiger partial charge in [0, 0.05) is 5.69 Å². The highest BCUT2D eigenvalue weighted by Crippen LogP contribution is 2.16. The normalized spacial score (nSPS) is 10.5. The lowest BCUT2D eigenvalue weighted by Gasteiger charge is -2.09. The Bertz CT molecular complexity index is 1000. The van der Waals surface area contributed by atoms with Crippen molar-refractivity contribution in [2.45, 2.75) is 20.4 Å². The molecule has 0 radical (unpaired) electrons. The lowest BCUT2D eigenvalue weighted by atomic mass is 10.1. The largest absolute Gasteiger partial charge is 0.459 e. The third-order valence-corrected chi connectivity index (χ3v) is 3.51. The molecule has 0 aliphatic carbocycles. The van der Waals surface area contributed by atoms with Crippen molar-refractivity contribution in [1.29, 1.82) is 0 Å². The van der Waals surface area contributed by atoms with E-state index in [2.05, 4.69) is 15.7 Å². The van der Waals surface area contributed by atoms with Crippen molar-refractivity contribution in [3.63, 3.8) is 0 Å². The molecule has 1 aromatic carbocycles. The Morgan fingerprint density at radius 3 is 2.73 bits per heavy atom. The monoisotopic (exact) mass is 356 g/mol. The standard InChI is InChI=1S/C17H16N4O5/c1-10-5-6-12(11(2)8-10)18-16(23)19-14(22)9-21-17(24)26-15(20-21)13-4-3-7-25-13/h3-8H,9H2,1-2H3,(H2,18,19,22,23). The maximum Gasteiger partial charge on any atom is 0.437 e. The van der Waals surface area contributed by atoms with E-state index in [0.717, 1.165) is 15.8 Å². The van der Waals surface area contributed by atoms with E-state index in [9.17, 15) is 14.4 Å². The van der Waals surface area contributed by atoms with Crippen LogP contribution in [-0.2, 0) is 11.3 Å². The van der Waals surface area contributed by atoms with Crippen molar-refractivity contribution >= 4 is 17.6 Å². The molecule has 9 heteroatoms. The minimum absolute atomic E-state index is 0.0486. The molecule has 26 heavy (non-hydrogen) atoms. The van der Waals surface area contributed by atoms with E-state index in [1.807, 2.05) is 26.0 Å². The van der Waals surface area contributed by atoms with Crippen LogP contribution in [0.4, 0.5) is 10.5 Å². The number of rotatable bonds is 4. The molecule has 134 valence electrons. The van der Waals surface area contributed by atoms with Gasteiger partial charge >= 0.3 is 11.8 Å². The molecule has 0 aliphatic heterocycles. The summed E-state index contributed by atoms with van der Waals surface area (Å²) in [6.45, 7) is 3.31. The van der Waals surface area contributed by atoms with Crippen molar-refractivity contribution in [3.05, 3.63) is 58.3 Å². The summed E-state index contributed by atoms with van der Waals surface area (Å²) in [6.07, 6.45) is 1.40. The smallest absolute Gasteiger partial charge is 0.437 e. The van der Waals surface area contributed by atoms with Crippen LogP contribution in [0.3, 0.4) is 0 Å². The molecule has 0 saturated heterocycles. The maximum absolute atomic E-state index is 12.0.